The van der Waals surface area contributed by atoms with Crippen LogP contribution in [0.1, 0.15) is 15.9 Å². The van der Waals surface area contributed by atoms with Gasteiger partial charge in [0.25, 0.3) is 5.91 Å². The van der Waals surface area contributed by atoms with Crippen molar-refractivity contribution in [3.8, 4) is 11.4 Å². The molecule has 1 saturated heterocycles. The van der Waals surface area contributed by atoms with Gasteiger partial charge < -0.3 is 4.90 Å². The van der Waals surface area contributed by atoms with Gasteiger partial charge in [-0.15, -0.1) is 0 Å². The van der Waals surface area contributed by atoms with E-state index in [0.717, 1.165) is 5.56 Å². The van der Waals surface area contributed by atoms with E-state index < -0.39 is 0 Å². The van der Waals surface area contributed by atoms with Gasteiger partial charge in [0, 0.05) is 31.7 Å². The van der Waals surface area contributed by atoms with Gasteiger partial charge in [0.1, 0.15) is 5.82 Å². The Bertz CT molecular complexity index is 1360. The van der Waals surface area contributed by atoms with E-state index in [1.807, 2.05) is 70.1 Å². The van der Waals surface area contributed by atoms with Crippen LogP contribution in [-0.2, 0) is 13.2 Å². The summed E-state index contributed by atoms with van der Waals surface area (Å²) in [5.41, 5.74) is 2.19. The molecule has 4 aromatic rings. The molecule has 0 radical (unpaired) electrons. The zero-order valence-electron chi connectivity index (χ0n) is 19.3. The first kappa shape index (κ1) is 23.1. The molecule has 0 spiro atoms. The molecule has 8 heteroatoms. The van der Waals surface area contributed by atoms with Gasteiger partial charge in [-0.2, -0.15) is 5.10 Å². The third-order valence-corrected chi connectivity index (χ3v) is 6.67. The number of aromatic nitrogens is 3. The van der Waals surface area contributed by atoms with E-state index in [2.05, 4.69) is 4.90 Å². The van der Waals surface area contributed by atoms with Crippen molar-refractivity contribution >= 4 is 18.1 Å². The molecule has 6 nitrogen and oxygen atoms in total. The summed E-state index contributed by atoms with van der Waals surface area (Å²) in [5, 5.41) is 4.75. The predicted molar refractivity (Wildman–Crippen MR) is 136 cm³/mol. The Balaban J connectivity index is 1.36. The lowest BCUT2D eigenvalue weighted by molar-refractivity contribution is 0.0585. The maximum absolute atomic E-state index is 14.7. The molecule has 1 aromatic heterocycles. The summed E-state index contributed by atoms with van der Waals surface area (Å²) >= 11 is 5.80. The molecule has 3 aromatic carbocycles. The number of halogens is 1. The van der Waals surface area contributed by atoms with Crippen LogP contribution in [0.25, 0.3) is 11.4 Å². The Morgan fingerprint density at radius 1 is 0.857 bits per heavy atom. The molecule has 0 bridgehead atoms. The van der Waals surface area contributed by atoms with E-state index in [-0.39, 0.29) is 11.7 Å². The lowest BCUT2D eigenvalue weighted by Crippen LogP contribution is -2.49. The Morgan fingerprint density at radius 3 is 2.17 bits per heavy atom. The van der Waals surface area contributed by atoms with Crippen LogP contribution < -0.4 is 0 Å². The number of hydrogen-bond donors (Lipinski definition) is 0. The fourth-order valence-electron chi connectivity index (χ4n) is 4.33. The topological polar surface area (TPSA) is 46.3 Å². The summed E-state index contributed by atoms with van der Waals surface area (Å²) in [6.07, 6.45) is 0. The van der Waals surface area contributed by atoms with Gasteiger partial charge in [-0.25, -0.2) is 9.07 Å². The van der Waals surface area contributed by atoms with E-state index >= 15 is 0 Å². The highest BCUT2D eigenvalue weighted by atomic mass is 32.1. The molecule has 1 aliphatic rings. The minimum absolute atomic E-state index is 0.0517. The zero-order valence-corrected chi connectivity index (χ0v) is 20.1. The number of amides is 1. The molecule has 5 rings (SSSR count). The molecule has 178 valence electrons. The lowest BCUT2D eigenvalue weighted by Gasteiger charge is -2.34. The highest BCUT2D eigenvalue weighted by Crippen LogP contribution is 2.23. The third kappa shape index (κ3) is 5.08. The lowest BCUT2D eigenvalue weighted by atomic mass is 10.2. The second-order valence-electron chi connectivity index (χ2n) is 8.57. The van der Waals surface area contributed by atoms with Crippen LogP contribution in [-0.4, -0.2) is 56.2 Å². The van der Waals surface area contributed by atoms with Gasteiger partial charge in [0.15, 0.2) is 10.6 Å². The Labute approximate surface area is 208 Å². The van der Waals surface area contributed by atoms with Crippen molar-refractivity contribution in [3.63, 3.8) is 0 Å². The van der Waals surface area contributed by atoms with E-state index in [1.165, 1.54) is 6.07 Å². The maximum Gasteiger partial charge on any atom is 0.253 e. The molecule has 1 amide bonds. The maximum atomic E-state index is 14.7. The first-order chi connectivity index (χ1) is 17.1. The monoisotopic (exact) mass is 487 g/mol. The van der Waals surface area contributed by atoms with Gasteiger partial charge in [-0.05, 0) is 42.0 Å². The van der Waals surface area contributed by atoms with Crippen molar-refractivity contribution in [2.45, 2.75) is 13.2 Å². The summed E-state index contributed by atoms with van der Waals surface area (Å²) in [6, 6.07) is 25.9. The molecule has 1 fully saturated rings. The first-order valence-electron chi connectivity index (χ1n) is 11.6. The van der Waals surface area contributed by atoms with Crippen molar-refractivity contribution in [2.75, 3.05) is 26.2 Å². The number of nitrogens with zero attached hydrogens (tertiary/aromatic N) is 5. The van der Waals surface area contributed by atoms with E-state index in [4.69, 9.17) is 17.3 Å². The van der Waals surface area contributed by atoms with E-state index in [1.54, 1.807) is 22.9 Å². The van der Waals surface area contributed by atoms with E-state index in [0.29, 0.717) is 61.1 Å². The summed E-state index contributed by atoms with van der Waals surface area (Å²) in [5.74, 6) is 0.229. The summed E-state index contributed by atoms with van der Waals surface area (Å²) in [7, 11) is 0. The molecule has 0 unspecified atom stereocenters. The molecule has 0 aliphatic carbocycles. The van der Waals surface area contributed by atoms with Crippen molar-refractivity contribution in [2.24, 2.45) is 0 Å². The molecular weight excluding hydrogens is 461 g/mol. The molecule has 2 heterocycles. The van der Waals surface area contributed by atoms with Crippen LogP contribution in [0.3, 0.4) is 0 Å². The largest absolute Gasteiger partial charge is 0.336 e. The zero-order chi connectivity index (χ0) is 24.2. The minimum atomic E-state index is -0.331. The molecular formula is C27H26FN5OS. The number of piperazine rings is 1. The smallest absolute Gasteiger partial charge is 0.253 e. The van der Waals surface area contributed by atoms with Crippen LogP contribution in [0.4, 0.5) is 4.39 Å². The average molecular weight is 488 g/mol. The molecule has 0 atom stereocenters. The van der Waals surface area contributed by atoms with Crippen LogP contribution in [0, 0.1) is 10.6 Å². The van der Waals surface area contributed by atoms with Crippen molar-refractivity contribution in [1.82, 2.24) is 24.1 Å². The number of rotatable bonds is 6. The summed E-state index contributed by atoms with van der Waals surface area (Å²) in [4.78, 5) is 16.9. The minimum Gasteiger partial charge on any atom is -0.336 e. The number of carbonyl (C=O) groups is 1. The van der Waals surface area contributed by atoms with Crippen LogP contribution in [0.2, 0.25) is 0 Å². The van der Waals surface area contributed by atoms with Crippen molar-refractivity contribution < 1.29 is 9.18 Å². The predicted octanol–water partition coefficient (Wildman–Crippen LogP) is 4.68. The Hall–Kier alpha value is -3.62. The number of carbonyl (C=O) groups excluding carboxylic acids is 1. The van der Waals surface area contributed by atoms with Crippen LogP contribution >= 0.6 is 12.2 Å². The second kappa shape index (κ2) is 10.3. The molecule has 35 heavy (non-hydrogen) atoms. The normalized spacial score (nSPS) is 14.3. The summed E-state index contributed by atoms with van der Waals surface area (Å²) < 4.78 is 18.9. The van der Waals surface area contributed by atoms with Gasteiger partial charge >= 0.3 is 0 Å². The van der Waals surface area contributed by atoms with Crippen LogP contribution in [0.5, 0.6) is 0 Å². The number of hydrogen-bond acceptors (Lipinski definition) is 4. The van der Waals surface area contributed by atoms with Crippen molar-refractivity contribution in [3.05, 3.63) is 107 Å². The van der Waals surface area contributed by atoms with E-state index in [9.17, 15) is 9.18 Å². The highest BCUT2D eigenvalue weighted by molar-refractivity contribution is 7.71. The van der Waals surface area contributed by atoms with Gasteiger partial charge in [-0.3, -0.25) is 14.3 Å². The molecule has 0 saturated carbocycles. The third-order valence-electron chi connectivity index (χ3n) is 6.24. The Kier molecular flexibility index (Phi) is 6.83. The van der Waals surface area contributed by atoms with Gasteiger partial charge in [0.05, 0.1) is 18.8 Å². The van der Waals surface area contributed by atoms with Gasteiger partial charge in [-0.1, -0.05) is 60.7 Å². The number of benzene rings is 3. The Morgan fingerprint density at radius 2 is 1.49 bits per heavy atom. The summed E-state index contributed by atoms with van der Waals surface area (Å²) in [6.45, 7) is 3.66. The molecule has 1 aliphatic heterocycles. The first-order valence-corrected chi connectivity index (χ1v) is 12.0. The SMILES string of the molecule is O=C(c1ccccc1)N1CCN(Cn2nc(-c3ccccc3F)n(Cc3ccccc3)c2=S)CC1. The molecule has 0 N–H and O–H groups in total. The highest BCUT2D eigenvalue weighted by Gasteiger charge is 2.23. The van der Waals surface area contributed by atoms with Gasteiger partial charge in [0.2, 0.25) is 0 Å². The van der Waals surface area contributed by atoms with Crippen LogP contribution in [0.15, 0.2) is 84.9 Å². The fraction of sp³-hybridized carbons (Fsp3) is 0.222. The second-order valence-corrected chi connectivity index (χ2v) is 8.94. The quantitative estimate of drug-likeness (QED) is 0.371. The standard InChI is InChI=1S/C27H26FN5OS/c28-24-14-8-7-13-23(24)25-29-33(27(35)32(25)19-21-9-3-1-4-10-21)20-30-15-17-31(18-16-30)26(34)22-11-5-2-6-12-22/h1-14H,15-20H2. The fourth-order valence-corrected chi connectivity index (χ4v) is 4.58. The average Bonchev–Trinajstić information content (AvgIpc) is 3.20. The van der Waals surface area contributed by atoms with Crippen molar-refractivity contribution in [1.29, 1.82) is 0 Å².